The minimum absolute atomic E-state index is 0.149. The predicted molar refractivity (Wildman–Crippen MR) is 62.8 cm³/mol. The van der Waals surface area contributed by atoms with E-state index in [0.717, 1.165) is 11.8 Å². The van der Waals surface area contributed by atoms with Crippen LogP contribution < -0.4 is 0 Å². The van der Waals surface area contributed by atoms with Crippen molar-refractivity contribution in [3.63, 3.8) is 0 Å². The average Bonchev–Trinajstić information content (AvgIpc) is 2.79. The second-order valence-corrected chi connectivity index (χ2v) is 4.45. The maximum Gasteiger partial charge on any atom is 0.314 e. The quantitative estimate of drug-likeness (QED) is 0.858. The van der Waals surface area contributed by atoms with E-state index in [-0.39, 0.29) is 22.7 Å². The molecule has 2 aromatic rings. The standard InChI is InChI=1S/C11H9FN2O3S/c1-6-4-7(2-3-8(6)12)10-13-14-11(17-10)18-5-9(15)16/h2-4H,5H2,1H3,(H,15,16). The van der Waals surface area contributed by atoms with Gasteiger partial charge in [-0.3, -0.25) is 4.79 Å². The molecule has 0 fully saturated rings. The molecule has 0 aliphatic rings. The molecule has 2 rings (SSSR count). The second kappa shape index (κ2) is 5.18. The van der Waals surface area contributed by atoms with Gasteiger partial charge in [-0.2, -0.15) is 0 Å². The van der Waals surface area contributed by atoms with E-state index in [1.54, 1.807) is 13.0 Å². The molecule has 94 valence electrons. The molecule has 18 heavy (non-hydrogen) atoms. The number of thioether (sulfide) groups is 1. The molecule has 0 saturated carbocycles. The van der Waals surface area contributed by atoms with Crippen molar-refractivity contribution in [3.05, 3.63) is 29.6 Å². The Labute approximate surface area is 106 Å². The second-order valence-electron chi connectivity index (χ2n) is 3.52. The third kappa shape index (κ3) is 2.86. The molecule has 0 amide bonds. The van der Waals surface area contributed by atoms with Crippen LogP contribution in [0.2, 0.25) is 0 Å². The number of carbonyl (C=O) groups is 1. The van der Waals surface area contributed by atoms with Crippen molar-refractivity contribution >= 4 is 17.7 Å². The van der Waals surface area contributed by atoms with E-state index in [0.29, 0.717) is 11.1 Å². The SMILES string of the molecule is Cc1cc(-c2nnc(SCC(=O)O)o2)ccc1F. The Bertz CT molecular complexity index is 585. The average molecular weight is 268 g/mol. The molecule has 0 radical (unpaired) electrons. The summed E-state index contributed by atoms with van der Waals surface area (Å²) < 4.78 is 18.4. The van der Waals surface area contributed by atoms with Gasteiger partial charge in [0.05, 0.1) is 0 Å². The molecule has 1 N–H and O–H groups in total. The molecule has 1 aromatic heterocycles. The summed E-state index contributed by atoms with van der Waals surface area (Å²) in [5.41, 5.74) is 1.08. The molecule has 0 bridgehead atoms. The first-order chi connectivity index (χ1) is 8.56. The van der Waals surface area contributed by atoms with Crippen molar-refractivity contribution in [2.24, 2.45) is 0 Å². The van der Waals surface area contributed by atoms with E-state index in [1.807, 2.05) is 0 Å². The molecule has 0 saturated heterocycles. The van der Waals surface area contributed by atoms with E-state index >= 15 is 0 Å². The van der Waals surface area contributed by atoms with Crippen molar-refractivity contribution in [3.8, 4) is 11.5 Å². The largest absolute Gasteiger partial charge is 0.481 e. The first-order valence-electron chi connectivity index (χ1n) is 5.01. The molecule has 1 aromatic carbocycles. The highest BCUT2D eigenvalue weighted by molar-refractivity contribution is 7.99. The first-order valence-corrected chi connectivity index (χ1v) is 5.99. The Morgan fingerprint density at radius 1 is 1.50 bits per heavy atom. The highest BCUT2D eigenvalue weighted by Gasteiger charge is 2.11. The van der Waals surface area contributed by atoms with Gasteiger partial charge < -0.3 is 9.52 Å². The zero-order valence-electron chi connectivity index (χ0n) is 9.38. The number of nitrogens with zero attached hydrogens (tertiary/aromatic N) is 2. The van der Waals surface area contributed by atoms with Crippen LogP contribution in [0.25, 0.3) is 11.5 Å². The number of aromatic nitrogens is 2. The smallest absolute Gasteiger partial charge is 0.314 e. The summed E-state index contributed by atoms with van der Waals surface area (Å²) in [5.74, 6) is -1.17. The molecule has 0 atom stereocenters. The maximum absolute atomic E-state index is 13.1. The minimum Gasteiger partial charge on any atom is -0.481 e. The van der Waals surface area contributed by atoms with Crippen LogP contribution in [0.5, 0.6) is 0 Å². The number of hydrogen-bond acceptors (Lipinski definition) is 5. The van der Waals surface area contributed by atoms with Crippen molar-refractivity contribution in [2.45, 2.75) is 12.1 Å². The fraction of sp³-hybridized carbons (Fsp3) is 0.182. The zero-order chi connectivity index (χ0) is 13.1. The first kappa shape index (κ1) is 12.6. The van der Waals surface area contributed by atoms with Gasteiger partial charge in [0, 0.05) is 5.56 Å². The van der Waals surface area contributed by atoms with Crippen LogP contribution in [0.3, 0.4) is 0 Å². The Morgan fingerprint density at radius 3 is 2.94 bits per heavy atom. The van der Waals surface area contributed by atoms with E-state index in [4.69, 9.17) is 9.52 Å². The number of halogens is 1. The number of benzene rings is 1. The highest BCUT2D eigenvalue weighted by Crippen LogP contribution is 2.24. The molecule has 0 spiro atoms. The lowest BCUT2D eigenvalue weighted by molar-refractivity contribution is -0.133. The summed E-state index contributed by atoms with van der Waals surface area (Å²) in [6.45, 7) is 1.63. The van der Waals surface area contributed by atoms with E-state index in [2.05, 4.69) is 10.2 Å². The van der Waals surface area contributed by atoms with E-state index in [9.17, 15) is 9.18 Å². The van der Waals surface area contributed by atoms with Crippen LogP contribution in [-0.2, 0) is 4.79 Å². The van der Waals surface area contributed by atoms with E-state index in [1.165, 1.54) is 12.1 Å². The van der Waals surface area contributed by atoms with Gasteiger partial charge in [0.1, 0.15) is 11.6 Å². The topological polar surface area (TPSA) is 76.2 Å². The van der Waals surface area contributed by atoms with E-state index < -0.39 is 5.97 Å². The Hall–Kier alpha value is -1.89. The Kier molecular flexibility index (Phi) is 3.61. The normalized spacial score (nSPS) is 10.6. The summed E-state index contributed by atoms with van der Waals surface area (Å²) in [4.78, 5) is 10.4. The molecule has 1 heterocycles. The molecular formula is C11H9FN2O3S. The van der Waals surface area contributed by atoms with Crippen LogP contribution >= 0.6 is 11.8 Å². The van der Waals surface area contributed by atoms with Crippen molar-refractivity contribution in [2.75, 3.05) is 5.75 Å². The molecule has 0 unspecified atom stereocenters. The van der Waals surface area contributed by atoms with Crippen molar-refractivity contribution in [1.29, 1.82) is 0 Å². The zero-order valence-corrected chi connectivity index (χ0v) is 10.2. The van der Waals surface area contributed by atoms with Gasteiger partial charge in [0.2, 0.25) is 5.89 Å². The van der Waals surface area contributed by atoms with Gasteiger partial charge in [-0.05, 0) is 30.7 Å². The summed E-state index contributed by atoms with van der Waals surface area (Å²) in [6, 6.07) is 4.44. The Morgan fingerprint density at radius 2 is 2.28 bits per heavy atom. The van der Waals surface area contributed by atoms with Gasteiger partial charge in [-0.25, -0.2) is 4.39 Å². The number of aryl methyl sites for hydroxylation is 1. The fourth-order valence-corrected chi connectivity index (χ4v) is 1.77. The third-order valence-electron chi connectivity index (χ3n) is 2.13. The summed E-state index contributed by atoms with van der Waals surface area (Å²) >= 11 is 0.937. The molecule has 0 aliphatic heterocycles. The van der Waals surface area contributed by atoms with Crippen LogP contribution in [0.1, 0.15) is 5.56 Å². The van der Waals surface area contributed by atoms with Gasteiger partial charge in [0.25, 0.3) is 5.22 Å². The van der Waals surface area contributed by atoms with Gasteiger partial charge >= 0.3 is 5.97 Å². The maximum atomic E-state index is 13.1. The predicted octanol–water partition coefficient (Wildman–Crippen LogP) is 2.36. The van der Waals surface area contributed by atoms with Crippen LogP contribution in [0, 0.1) is 12.7 Å². The third-order valence-corrected chi connectivity index (χ3v) is 2.93. The van der Waals surface area contributed by atoms with Crippen LogP contribution in [-0.4, -0.2) is 27.0 Å². The lowest BCUT2D eigenvalue weighted by Crippen LogP contribution is -1.97. The lowest BCUT2D eigenvalue weighted by Gasteiger charge is -1.98. The summed E-state index contributed by atoms with van der Waals surface area (Å²) in [7, 11) is 0. The van der Waals surface area contributed by atoms with Gasteiger partial charge in [-0.15, -0.1) is 10.2 Å². The fourth-order valence-electron chi connectivity index (χ4n) is 1.29. The Balaban J connectivity index is 2.18. The summed E-state index contributed by atoms with van der Waals surface area (Å²) in [5, 5.41) is 16.2. The number of carboxylic acid groups (broad SMARTS) is 1. The molecule has 0 aliphatic carbocycles. The minimum atomic E-state index is -0.961. The van der Waals surface area contributed by atoms with Gasteiger partial charge in [-0.1, -0.05) is 11.8 Å². The van der Waals surface area contributed by atoms with Gasteiger partial charge in [0.15, 0.2) is 0 Å². The number of hydrogen-bond donors (Lipinski definition) is 1. The molecule has 7 heteroatoms. The number of rotatable bonds is 4. The van der Waals surface area contributed by atoms with Crippen molar-refractivity contribution in [1.82, 2.24) is 10.2 Å². The molecular weight excluding hydrogens is 259 g/mol. The number of carboxylic acids is 1. The van der Waals surface area contributed by atoms with Crippen molar-refractivity contribution < 1.29 is 18.7 Å². The summed E-state index contributed by atoms with van der Waals surface area (Å²) in [6.07, 6.45) is 0. The highest BCUT2D eigenvalue weighted by atomic mass is 32.2. The molecule has 5 nitrogen and oxygen atoms in total. The lowest BCUT2D eigenvalue weighted by atomic mass is 10.1. The monoisotopic (exact) mass is 268 g/mol. The number of aliphatic carboxylic acids is 1. The van der Waals surface area contributed by atoms with Crippen LogP contribution in [0.15, 0.2) is 27.8 Å². The van der Waals surface area contributed by atoms with Crippen LogP contribution in [0.4, 0.5) is 4.39 Å².